The first-order chi connectivity index (χ1) is 5.31. The molecule has 0 aromatic heterocycles. The first-order valence-corrected chi connectivity index (χ1v) is 4.58. The highest BCUT2D eigenvalue weighted by atomic mass is 16.2. The Morgan fingerprint density at radius 3 is 2.73 bits per heavy atom. The number of rotatable bonds is 6. The van der Waals surface area contributed by atoms with Crippen molar-refractivity contribution < 1.29 is 5.11 Å². The summed E-state index contributed by atoms with van der Waals surface area (Å²) in [6.45, 7) is 4.75. The third-order valence-corrected chi connectivity index (χ3v) is 1.74. The molecule has 1 heteroatoms. The maximum atomic E-state index is 8.50. The van der Waals surface area contributed by atoms with Crippen LogP contribution in [0.1, 0.15) is 39.5 Å². The Morgan fingerprint density at radius 1 is 1.45 bits per heavy atom. The van der Waals surface area contributed by atoms with E-state index < -0.39 is 0 Å². The van der Waals surface area contributed by atoms with Crippen LogP contribution >= 0.6 is 0 Å². The number of hydrogen-bond acceptors (Lipinski definition) is 1. The monoisotopic (exact) mass is 156 g/mol. The van der Waals surface area contributed by atoms with Crippen LogP contribution in [0.3, 0.4) is 0 Å². The molecule has 0 heterocycles. The van der Waals surface area contributed by atoms with Crippen LogP contribution in [0.5, 0.6) is 0 Å². The summed E-state index contributed by atoms with van der Waals surface area (Å²) >= 11 is 0. The lowest BCUT2D eigenvalue weighted by Crippen LogP contribution is -1.87. The zero-order valence-electron chi connectivity index (χ0n) is 7.71. The van der Waals surface area contributed by atoms with Crippen molar-refractivity contribution >= 4 is 0 Å². The summed E-state index contributed by atoms with van der Waals surface area (Å²) in [6, 6.07) is 0. The highest BCUT2D eigenvalue weighted by Crippen LogP contribution is 2.06. The Morgan fingerprint density at radius 2 is 2.18 bits per heavy atom. The van der Waals surface area contributed by atoms with E-state index in [0.717, 1.165) is 12.8 Å². The molecule has 1 unspecified atom stereocenters. The van der Waals surface area contributed by atoms with Gasteiger partial charge in [-0.2, -0.15) is 0 Å². The smallest absolute Gasteiger partial charge is 0.0433 e. The molecule has 0 bridgehead atoms. The molecule has 0 amide bonds. The quantitative estimate of drug-likeness (QED) is 0.463. The van der Waals surface area contributed by atoms with E-state index in [1.807, 2.05) is 0 Å². The number of unbranched alkanes of at least 4 members (excludes halogenated alkanes) is 1. The molecular weight excluding hydrogens is 136 g/mol. The van der Waals surface area contributed by atoms with Gasteiger partial charge in [-0.15, -0.1) is 0 Å². The first kappa shape index (κ1) is 10.7. The van der Waals surface area contributed by atoms with E-state index >= 15 is 0 Å². The minimum absolute atomic E-state index is 0.312. The van der Waals surface area contributed by atoms with Gasteiger partial charge < -0.3 is 5.11 Å². The van der Waals surface area contributed by atoms with Gasteiger partial charge in [0.15, 0.2) is 0 Å². The van der Waals surface area contributed by atoms with Crippen molar-refractivity contribution in [3.8, 4) is 0 Å². The lowest BCUT2D eigenvalue weighted by Gasteiger charge is -2.01. The Hall–Kier alpha value is -0.300. The molecule has 66 valence electrons. The third-order valence-electron chi connectivity index (χ3n) is 1.74. The van der Waals surface area contributed by atoms with E-state index in [9.17, 15) is 0 Å². The summed E-state index contributed by atoms with van der Waals surface area (Å²) < 4.78 is 0. The summed E-state index contributed by atoms with van der Waals surface area (Å²) in [6.07, 6.45) is 8.87. The summed E-state index contributed by atoms with van der Waals surface area (Å²) in [5.41, 5.74) is 0. The predicted octanol–water partition coefficient (Wildman–Crippen LogP) is 2.75. The van der Waals surface area contributed by atoms with Crippen LogP contribution in [-0.4, -0.2) is 11.7 Å². The van der Waals surface area contributed by atoms with Gasteiger partial charge in [-0.05, 0) is 25.2 Å². The fourth-order valence-electron chi connectivity index (χ4n) is 1.09. The number of hydrogen-bond donors (Lipinski definition) is 1. The Bertz CT molecular complexity index is 97.0. The summed E-state index contributed by atoms with van der Waals surface area (Å²) in [4.78, 5) is 0. The van der Waals surface area contributed by atoms with Crippen molar-refractivity contribution in [3.05, 3.63) is 12.2 Å². The van der Waals surface area contributed by atoms with E-state index in [1.165, 1.54) is 12.8 Å². The maximum Gasteiger partial charge on any atom is 0.0433 e. The molecule has 0 aliphatic heterocycles. The Labute approximate surface area is 70.1 Å². The highest BCUT2D eigenvalue weighted by Gasteiger charge is 1.92. The van der Waals surface area contributed by atoms with Gasteiger partial charge in [0, 0.05) is 6.61 Å². The maximum absolute atomic E-state index is 8.50. The lowest BCUT2D eigenvalue weighted by atomic mass is 10.1. The van der Waals surface area contributed by atoms with Crippen LogP contribution in [0.15, 0.2) is 12.2 Å². The molecule has 11 heavy (non-hydrogen) atoms. The molecule has 0 fully saturated rings. The van der Waals surface area contributed by atoms with Crippen molar-refractivity contribution in [1.29, 1.82) is 0 Å². The Kier molecular flexibility index (Phi) is 7.59. The molecule has 0 saturated carbocycles. The molecule has 1 N–H and O–H groups in total. The topological polar surface area (TPSA) is 20.2 Å². The van der Waals surface area contributed by atoms with E-state index in [0.29, 0.717) is 12.5 Å². The second-order valence-corrected chi connectivity index (χ2v) is 3.06. The van der Waals surface area contributed by atoms with Crippen LogP contribution in [-0.2, 0) is 0 Å². The number of allylic oxidation sites excluding steroid dienone is 2. The average molecular weight is 156 g/mol. The van der Waals surface area contributed by atoms with Gasteiger partial charge in [-0.1, -0.05) is 32.4 Å². The number of aliphatic hydroxyl groups is 1. The number of aliphatic hydroxyl groups excluding tert-OH is 1. The van der Waals surface area contributed by atoms with E-state index in [4.69, 9.17) is 5.11 Å². The zero-order valence-corrected chi connectivity index (χ0v) is 7.71. The van der Waals surface area contributed by atoms with Gasteiger partial charge in [0.1, 0.15) is 0 Å². The molecule has 0 radical (unpaired) electrons. The van der Waals surface area contributed by atoms with Crippen molar-refractivity contribution in [2.24, 2.45) is 5.92 Å². The second kappa shape index (κ2) is 7.80. The zero-order chi connectivity index (χ0) is 8.53. The van der Waals surface area contributed by atoms with Crippen LogP contribution < -0.4 is 0 Å². The molecule has 0 aliphatic rings. The fourth-order valence-corrected chi connectivity index (χ4v) is 1.09. The fraction of sp³-hybridized carbons (Fsp3) is 0.800. The van der Waals surface area contributed by atoms with Crippen molar-refractivity contribution in [1.82, 2.24) is 0 Å². The average Bonchev–Trinajstić information content (AvgIpc) is 1.99. The Balaban J connectivity index is 3.24. The standard InChI is InChI=1S/C10H20O/c1-3-7-10(2)8-5-4-6-9-11/h5,8,10-11H,3-4,6-7,9H2,1-2H3/b8-5+. The summed E-state index contributed by atoms with van der Waals surface area (Å²) in [7, 11) is 0. The van der Waals surface area contributed by atoms with E-state index in [2.05, 4.69) is 26.0 Å². The molecule has 0 aromatic carbocycles. The highest BCUT2D eigenvalue weighted by molar-refractivity contribution is 4.85. The summed E-state index contributed by atoms with van der Waals surface area (Å²) in [5, 5.41) is 8.50. The van der Waals surface area contributed by atoms with Gasteiger partial charge in [0.25, 0.3) is 0 Å². The molecule has 0 rings (SSSR count). The second-order valence-electron chi connectivity index (χ2n) is 3.06. The van der Waals surface area contributed by atoms with Crippen molar-refractivity contribution in [2.75, 3.05) is 6.61 Å². The summed E-state index contributed by atoms with van der Waals surface area (Å²) in [5.74, 6) is 0.707. The molecule has 0 aromatic rings. The van der Waals surface area contributed by atoms with Crippen LogP contribution in [0.2, 0.25) is 0 Å². The van der Waals surface area contributed by atoms with Gasteiger partial charge in [0.2, 0.25) is 0 Å². The van der Waals surface area contributed by atoms with Gasteiger partial charge in [-0.3, -0.25) is 0 Å². The molecule has 0 saturated heterocycles. The van der Waals surface area contributed by atoms with Crippen molar-refractivity contribution in [2.45, 2.75) is 39.5 Å². The molecule has 1 atom stereocenters. The normalized spacial score (nSPS) is 14.1. The minimum atomic E-state index is 0.312. The van der Waals surface area contributed by atoms with E-state index in [-0.39, 0.29) is 0 Å². The van der Waals surface area contributed by atoms with Crippen LogP contribution in [0.25, 0.3) is 0 Å². The van der Waals surface area contributed by atoms with Gasteiger partial charge in [-0.25, -0.2) is 0 Å². The SMILES string of the molecule is CCCC(C)/C=C/CCCO. The minimum Gasteiger partial charge on any atom is -0.396 e. The molecule has 0 aliphatic carbocycles. The largest absolute Gasteiger partial charge is 0.396 e. The van der Waals surface area contributed by atoms with Gasteiger partial charge in [0.05, 0.1) is 0 Å². The molecule has 1 nitrogen and oxygen atoms in total. The molecule has 0 spiro atoms. The van der Waals surface area contributed by atoms with Crippen LogP contribution in [0.4, 0.5) is 0 Å². The lowest BCUT2D eigenvalue weighted by molar-refractivity contribution is 0.289. The van der Waals surface area contributed by atoms with Crippen molar-refractivity contribution in [3.63, 3.8) is 0 Å². The van der Waals surface area contributed by atoms with Gasteiger partial charge >= 0.3 is 0 Å². The first-order valence-electron chi connectivity index (χ1n) is 4.58. The molecular formula is C10H20O. The van der Waals surface area contributed by atoms with E-state index in [1.54, 1.807) is 0 Å². The predicted molar refractivity (Wildman–Crippen MR) is 49.5 cm³/mol. The van der Waals surface area contributed by atoms with Crippen LogP contribution in [0, 0.1) is 5.92 Å². The third kappa shape index (κ3) is 7.60.